The molecule has 5 heteroatoms. The summed E-state index contributed by atoms with van der Waals surface area (Å²) in [7, 11) is 0. The van der Waals surface area contributed by atoms with E-state index < -0.39 is 0 Å². The molecule has 0 unspecified atom stereocenters. The highest BCUT2D eigenvalue weighted by atomic mass is 16.2. The molecule has 0 atom stereocenters. The molecule has 2 aliphatic rings. The lowest BCUT2D eigenvalue weighted by atomic mass is 9.95. The predicted octanol–water partition coefficient (Wildman–Crippen LogP) is 2.73. The fraction of sp³-hybridized carbons (Fsp3) is 0.812. The van der Waals surface area contributed by atoms with Gasteiger partial charge < -0.3 is 4.90 Å². The first kappa shape index (κ1) is 14.5. The van der Waals surface area contributed by atoms with Crippen LogP contribution in [0.25, 0.3) is 0 Å². The first-order chi connectivity index (χ1) is 10.3. The van der Waals surface area contributed by atoms with Crippen LogP contribution in [0.3, 0.4) is 0 Å². The average Bonchev–Trinajstić information content (AvgIpc) is 2.89. The van der Waals surface area contributed by atoms with Crippen LogP contribution in [-0.4, -0.2) is 38.7 Å². The number of carbonyl (C=O) groups excluding carboxylic acids is 1. The first-order valence-electron chi connectivity index (χ1n) is 8.51. The molecule has 0 N–H and O–H groups in total. The molecule has 1 saturated heterocycles. The van der Waals surface area contributed by atoms with Gasteiger partial charge in [0, 0.05) is 25.9 Å². The molecule has 1 aliphatic carbocycles. The Morgan fingerprint density at radius 2 is 1.90 bits per heavy atom. The smallest absolute Gasteiger partial charge is 0.222 e. The van der Waals surface area contributed by atoms with Gasteiger partial charge in [-0.2, -0.15) is 5.10 Å². The zero-order valence-electron chi connectivity index (χ0n) is 12.8. The SMILES string of the molecule is O=C1CCCCCN1CCc1ncnn1C1CCCCC1. The zero-order valence-corrected chi connectivity index (χ0v) is 12.8. The molecular weight excluding hydrogens is 264 g/mol. The standard InChI is InChI=1S/C16H26N4O/c21-16-9-5-2-6-11-19(16)12-10-15-17-13-18-20(15)14-7-3-1-4-8-14/h13-14H,1-12H2. The normalized spacial score (nSPS) is 21.5. The van der Waals surface area contributed by atoms with E-state index in [0.29, 0.717) is 11.9 Å². The summed E-state index contributed by atoms with van der Waals surface area (Å²) in [5.41, 5.74) is 0. The number of hydrogen-bond donors (Lipinski definition) is 0. The number of rotatable bonds is 4. The average molecular weight is 290 g/mol. The van der Waals surface area contributed by atoms with E-state index in [4.69, 9.17) is 0 Å². The quantitative estimate of drug-likeness (QED) is 0.856. The van der Waals surface area contributed by atoms with Gasteiger partial charge in [-0.05, 0) is 25.7 Å². The zero-order chi connectivity index (χ0) is 14.5. The minimum Gasteiger partial charge on any atom is -0.342 e. The van der Waals surface area contributed by atoms with Crippen LogP contribution in [0.1, 0.15) is 69.7 Å². The van der Waals surface area contributed by atoms with E-state index in [9.17, 15) is 4.79 Å². The van der Waals surface area contributed by atoms with E-state index in [-0.39, 0.29) is 0 Å². The second-order valence-electron chi connectivity index (χ2n) is 6.35. The fourth-order valence-electron chi connectivity index (χ4n) is 3.59. The predicted molar refractivity (Wildman–Crippen MR) is 80.9 cm³/mol. The largest absolute Gasteiger partial charge is 0.342 e. The molecule has 3 rings (SSSR count). The van der Waals surface area contributed by atoms with Crippen molar-refractivity contribution in [3.63, 3.8) is 0 Å². The van der Waals surface area contributed by atoms with E-state index in [1.165, 1.54) is 38.5 Å². The van der Waals surface area contributed by atoms with Gasteiger partial charge in [0.05, 0.1) is 6.04 Å². The first-order valence-corrected chi connectivity index (χ1v) is 8.51. The molecule has 2 fully saturated rings. The van der Waals surface area contributed by atoms with Gasteiger partial charge >= 0.3 is 0 Å². The fourth-order valence-corrected chi connectivity index (χ4v) is 3.59. The van der Waals surface area contributed by atoms with Crippen LogP contribution >= 0.6 is 0 Å². The van der Waals surface area contributed by atoms with Crippen molar-refractivity contribution in [2.75, 3.05) is 13.1 Å². The summed E-state index contributed by atoms with van der Waals surface area (Å²) >= 11 is 0. The Balaban J connectivity index is 1.60. The Morgan fingerprint density at radius 1 is 1.10 bits per heavy atom. The molecule has 2 heterocycles. The molecular formula is C16H26N4O. The van der Waals surface area contributed by atoms with E-state index in [1.807, 2.05) is 4.90 Å². The monoisotopic (exact) mass is 290 g/mol. The van der Waals surface area contributed by atoms with Crippen molar-refractivity contribution in [3.05, 3.63) is 12.2 Å². The highest BCUT2D eigenvalue weighted by Gasteiger charge is 2.21. The van der Waals surface area contributed by atoms with Crippen molar-refractivity contribution in [3.8, 4) is 0 Å². The van der Waals surface area contributed by atoms with E-state index in [1.54, 1.807) is 6.33 Å². The van der Waals surface area contributed by atoms with Gasteiger partial charge in [-0.3, -0.25) is 4.79 Å². The van der Waals surface area contributed by atoms with Gasteiger partial charge in [0.25, 0.3) is 0 Å². The molecule has 0 radical (unpaired) electrons. The molecule has 1 aromatic heterocycles. The molecule has 0 spiro atoms. The Bertz CT molecular complexity index is 465. The molecule has 5 nitrogen and oxygen atoms in total. The number of amides is 1. The topological polar surface area (TPSA) is 51.0 Å². The third-order valence-corrected chi connectivity index (χ3v) is 4.84. The Hall–Kier alpha value is -1.39. The maximum atomic E-state index is 12.0. The van der Waals surface area contributed by atoms with Crippen LogP contribution in [0.15, 0.2) is 6.33 Å². The third kappa shape index (κ3) is 3.63. The van der Waals surface area contributed by atoms with Crippen molar-refractivity contribution >= 4 is 5.91 Å². The number of nitrogens with zero attached hydrogens (tertiary/aromatic N) is 4. The van der Waals surface area contributed by atoms with E-state index in [2.05, 4.69) is 14.8 Å². The molecule has 21 heavy (non-hydrogen) atoms. The van der Waals surface area contributed by atoms with Crippen LogP contribution < -0.4 is 0 Å². The van der Waals surface area contributed by atoms with Gasteiger partial charge in [0.1, 0.15) is 12.2 Å². The van der Waals surface area contributed by atoms with Gasteiger partial charge in [0.2, 0.25) is 5.91 Å². The highest BCUT2D eigenvalue weighted by molar-refractivity contribution is 5.76. The second-order valence-corrected chi connectivity index (χ2v) is 6.35. The van der Waals surface area contributed by atoms with Crippen molar-refractivity contribution < 1.29 is 4.79 Å². The van der Waals surface area contributed by atoms with E-state index >= 15 is 0 Å². The van der Waals surface area contributed by atoms with Gasteiger partial charge in [-0.25, -0.2) is 9.67 Å². The summed E-state index contributed by atoms with van der Waals surface area (Å²) in [5, 5.41) is 4.44. The number of hydrogen-bond acceptors (Lipinski definition) is 3. The maximum Gasteiger partial charge on any atom is 0.222 e. The van der Waals surface area contributed by atoms with Crippen LogP contribution in [0.4, 0.5) is 0 Å². The molecule has 1 aliphatic heterocycles. The lowest BCUT2D eigenvalue weighted by Crippen LogP contribution is -2.33. The molecule has 116 valence electrons. The lowest BCUT2D eigenvalue weighted by molar-refractivity contribution is -0.130. The van der Waals surface area contributed by atoms with Gasteiger partial charge in [-0.1, -0.05) is 25.7 Å². The summed E-state index contributed by atoms with van der Waals surface area (Å²) < 4.78 is 2.13. The Morgan fingerprint density at radius 3 is 2.76 bits per heavy atom. The van der Waals surface area contributed by atoms with Gasteiger partial charge in [-0.15, -0.1) is 0 Å². The summed E-state index contributed by atoms with van der Waals surface area (Å²) in [5.74, 6) is 1.37. The maximum absolute atomic E-state index is 12.0. The van der Waals surface area contributed by atoms with Crippen molar-refractivity contribution in [2.24, 2.45) is 0 Å². The van der Waals surface area contributed by atoms with Crippen LogP contribution in [0.2, 0.25) is 0 Å². The van der Waals surface area contributed by atoms with E-state index in [0.717, 1.165) is 44.6 Å². The summed E-state index contributed by atoms with van der Waals surface area (Å²) in [6.45, 7) is 1.71. The third-order valence-electron chi connectivity index (χ3n) is 4.84. The lowest BCUT2D eigenvalue weighted by Gasteiger charge is -2.24. The molecule has 0 aromatic carbocycles. The van der Waals surface area contributed by atoms with Crippen molar-refractivity contribution in [1.82, 2.24) is 19.7 Å². The summed E-state index contributed by atoms with van der Waals surface area (Å²) in [4.78, 5) is 18.5. The molecule has 1 saturated carbocycles. The van der Waals surface area contributed by atoms with Gasteiger partial charge in [0.15, 0.2) is 0 Å². The number of aromatic nitrogens is 3. The van der Waals surface area contributed by atoms with Crippen molar-refractivity contribution in [1.29, 1.82) is 0 Å². The minimum absolute atomic E-state index is 0.316. The van der Waals surface area contributed by atoms with Crippen LogP contribution in [0, 0.1) is 0 Å². The highest BCUT2D eigenvalue weighted by Crippen LogP contribution is 2.28. The number of likely N-dealkylation sites (tertiary alicyclic amines) is 1. The Kier molecular flexibility index (Phi) is 4.88. The Labute approximate surface area is 126 Å². The molecule has 1 amide bonds. The summed E-state index contributed by atoms with van der Waals surface area (Å²) in [6, 6.07) is 0.524. The summed E-state index contributed by atoms with van der Waals surface area (Å²) in [6.07, 6.45) is 13.0. The second kappa shape index (κ2) is 7.05. The van der Waals surface area contributed by atoms with Crippen molar-refractivity contribution in [2.45, 2.75) is 70.3 Å². The number of carbonyl (C=O) groups is 1. The minimum atomic E-state index is 0.316. The van der Waals surface area contributed by atoms with Crippen LogP contribution in [-0.2, 0) is 11.2 Å². The van der Waals surface area contributed by atoms with Crippen LogP contribution in [0.5, 0.6) is 0 Å². The molecule has 1 aromatic rings. The molecule has 0 bridgehead atoms.